The molecule has 0 amide bonds. The molecule has 130 valence electrons. The molecule has 1 heterocycles. The molecule has 2 aromatic rings. The highest BCUT2D eigenvalue weighted by Crippen LogP contribution is 2.32. The summed E-state index contributed by atoms with van der Waals surface area (Å²) in [6, 6.07) is 8.59. The van der Waals surface area contributed by atoms with Crippen LogP contribution >= 0.6 is 11.3 Å². The summed E-state index contributed by atoms with van der Waals surface area (Å²) in [4.78, 5) is 7.22. The highest BCUT2D eigenvalue weighted by atomic mass is 32.1. The number of aliphatic hydroxyl groups is 1. The molecule has 1 aromatic heterocycles. The third-order valence-corrected chi connectivity index (χ3v) is 5.66. The van der Waals surface area contributed by atoms with Crippen molar-refractivity contribution in [3.63, 3.8) is 0 Å². The molecule has 0 radical (unpaired) electrons. The number of nitrogens with zero attached hydrogens (tertiary/aromatic N) is 2. The van der Waals surface area contributed by atoms with E-state index in [2.05, 4.69) is 10.3 Å². The van der Waals surface area contributed by atoms with Crippen LogP contribution in [0.25, 0.3) is 10.6 Å². The van der Waals surface area contributed by atoms with E-state index in [9.17, 15) is 5.11 Å². The van der Waals surface area contributed by atoms with Crippen molar-refractivity contribution >= 4 is 11.3 Å². The number of benzene rings is 1. The summed E-state index contributed by atoms with van der Waals surface area (Å²) < 4.78 is 5.45. The molecule has 3 rings (SSSR count). The number of thiazole rings is 1. The van der Waals surface area contributed by atoms with Crippen molar-refractivity contribution in [1.29, 1.82) is 0 Å². The Morgan fingerprint density at radius 2 is 2.04 bits per heavy atom. The van der Waals surface area contributed by atoms with Gasteiger partial charge in [0.1, 0.15) is 10.8 Å². The number of aliphatic hydroxyl groups excluding tert-OH is 1. The molecule has 24 heavy (non-hydrogen) atoms. The van der Waals surface area contributed by atoms with Crippen LogP contribution in [0, 0.1) is 0 Å². The van der Waals surface area contributed by atoms with Gasteiger partial charge in [-0.15, -0.1) is 11.3 Å². The molecular formula is C19H26N2O2S. The van der Waals surface area contributed by atoms with E-state index < -0.39 is 0 Å². The molecule has 0 spiro atoms. The molecule has 0 aliphatic heterocycles. The molecule has 1 fully saturated rings. The van der Waals surface area contributed by atoms with Gasteiger partial charge in [0, 0.05) is 24.5 Å². The number of rotatable bonds is 7. The normalized spacial score (nSPS) is 15.8. The van der Waals surface area contributed by atoms with Gasteiger partial charge in [-0.25, -0.2) is 4.98 Å². The summed E-state index contributed by atoms with van der Waals surface area (Å²) in [6.07, 6.45) is 6.43. The second-order valence-corrected chi connectivity index (χ2v) is 7.19. The van der Waals surface area contributed by atoms with Gasteiger partial charge in [-0.3, -0.25) is 4.90 Å². The van der Waals surface area contributed by atoms with Crippen molar-refractivity contribution in [2.45, 2.75) is 44.7 Å². The number of para-hydroxylation sites is 1. The molecule has 1 N–H and O–H groups in total. The summed E-state index contributed by atoms with van der Waals surface area (Å²) in [5.74, 6) is 0.859. The Bertz CT molecular complexity index is 638. The van der Waals surface area contributed by atoms with Gasteiger partial charge in [0.15, 0.2) is 0 Å². The first-order chi connectivity index (χ1) is 11.8. The first-order valence-corrected chi connectivity index (χ1v) is 9.62. The molecule has 0 atom stereocenters. The summed E-state index contributed by atoms with van der Waals surface area (Å²) in [5.41, 5.74) is 2.13. The molecule has 0 saturated heterocycles. The van der Waals surface area contributed by atoms with E-state index in [1.54, 1.807) is 18.4 Å². The van der Waals surface area contributed by atoms with Crippen molar-refractivity contribution in [3.05, 3.63) is 35.3 Å². The van der Waals surface area contributed by atoms with Crippen LogP contribution in [0.5, 0.6) is 5.75 Å². The first-order valence-electron chi connectivity index (χ1n) is 8.74. The van der Waals surface area contributed by atoms with Crippen molar-refractivity contribution in [1.82, 2.24) is 9.88 Å². The predicted molar refractivity (Wildman–Crippen MR) is 98.5 cm³/mol. The second kappa shape index (κ2) is 8.60. The zero-order valence-electron chi connectivity index (χ0n) is 14.3. The topological polar surface area (TPSA) is 45.6 Å². The highest BCUT2D eigenvalue weighted by molar-refractivity contribution is 7.13. The van der Waals surface area contributed by atoms with Gasteiger partial charge in [0.05, 0.1) is 25.0 Å². The SMILES string of the molecule is COc1ccccc1-c1nc(CN(CCO)C2CCCCC2)cs1. The van der Waals surface area contributed by atoms with E-state index in [1.165, 1.54) is 32.1 Å². The maximum Gasteiger partial charge on any atom is 0.129 e. The average molecular weight is 346 g/mol. The number of hydrogen-bond acceptors (Lipinski definition) is 5. The Morgan fingerprint density at radius 3 is 2.79 bits per heavy atom. The van der Waals surface area contributed by atoms with Crippen molar-refractivity contribution in [2.24, 2.45) is 0 Å². The summed E-state index contributed by atoms with van der Waals surface area (Å²) in [7, 11) is 1.69. The lowest BCUT2D eigenvalue weighted by Gasteiger charge is -2.33. The monoisotopic (exact) mass is 346 g/mol. The Kier molecular flexibility index (Phi) is 6.24. The fourth-order valence-electron chi connectivity index (χ4n) is 3.50. The number of ether oxygens (including phenoxy) is 1. The zero-order valence-corrected chi connectivity index (χ0v) is 15.1. The van der Waals surface area contributed by atoms with Crippen molar-refractivity contribution < 1.29 is 9.84 Å². The van der Waals surface area contributed by atoms with Crippen LogP contribution in [0.1, 0.15) is 37.8 Å². The van der Waals surface area contributed by atoms with Crippen LogP contribution in [0.4, 0.5) is 0 Å². The second-order valence-electron chi connectivity index (χ2n) is 6.33. The molecule has 1 aromatic carbocycles. The first kappa shape index (κ1) is 17.4. The van der Waals surface area contributed by atoms with E-state index in [1.807, 2.05) is 24.3 Å². The van der Waals surface area contributed by atoms with Gasteiger partial charge in [-0.05, 0) is 25.0 Å². The summed E-state index contributed by atoms with van der Waals surface area (Å²) >= 11 is 1.66. The Morgan fingerprint density at radius 1 is 1.25 bits per heavy atom. The summed E-state index contributed by atoms with van der Waals surface area (Å²) in [6.45, 7) is 1.75. The standard InChI is InChI=1S/C19H26N2O2S/c1-23-18-10-6-5-9-17(18)19-20-15(14-24-19)13-21(11-12-22)16-7-3-2-4-8-16/h5-6,9-10,14,16,22H,2-4,7-8,11-13H2,1H3. The van der Waals surface area contributed by atoms with Gasteiger partial charge in [-0.1, -0.05) is 31.4 Å². The average Bonchev–Trinajstić information content (AvgIpc) is 3.10. The molecular weight excluding hydrogens is 320 g/mol. The van der Waals surface area contributed by atoms with Crippen LogP contribution < -0.4 is 4.74 Å². The molecule has 0 bridgehead atoms. The van der Waals surface area contributed by atoms with Crippen LogP contribution in [-0.2, 0) is 6.54 Å². The van der Waals surface area contributed by atoms with Crippen LogP contribution in [0.2, 0.25) is 0 Å². The Hall–Kier alpha value is -1.43. The lowest BCUT2D eigenvalue weighted by atomic mass is 9.94. The Balaban J connectivity index is 1.74. The number of aromatic nitrogens is 1. The summed E-state index contributed by atoms with van der Waals surface area (Å²) in [5, 5.41) is 12.6. The van der Waals surface area contributed by atoms with E-state index >= 15 is 0 Å². The lowest BCUT2D eigenvalue weighted by Crippen LogP contribution is -2.38. The third-order valence-electron chi connectivity index (χ3n) is 4.73. The minimum absolute atomic E-state index is 0.208. The lowest BCUT2D eigenvalue weighted by molar-refractivity contribution is 0.116. The Labute approximate surface area is 148 Å². The van der Waals surface area contributed by atoms with Crippen LogP contribution in [0.15, 0.2) is 29.6 Å². The number of hydrogen-bond donors (Lipinski definition) is 1. The van der Waals surface area contributed by atoms with Crippen LogP contribution in [-0.4, -0.2) is 41.3 Å². The maximum atomic E-state index is 9.42. The van der Waals surface area contributed by atoms with E-state index in [0.717, 1.165) is 35.1 Å². The predicted octanol–water partition coefficient (Wildman–Crippen LogP) is 3.95. The van der Waals surface area contributed by atoms with E-state index in [4.69, 9.17) is 9.72 Å². The molecule has 0 unspecified atom stereocenters. The molecule has 5 heteroatoms. The largest absolute Gasteiger partial charge is 0.496 e. The van der Waals surface area contributed by atoms with Crippen molar-refractivity contribution in [2.75, 3.05) is 20.3 Å². The van der Waals surface area contributed by atoms with Gasteiger partial charge in [-0.2, -0.15) is 0 Å². The molecule has 1 aliphatic rings. The fourth-order valence-corrected chi connectivity index (χ4v) is 4.34. The number of methoxy groups -OCH3 is 1. The van der Waals surface area contributed by atoms with Gasteiger partial charge in [0.25, 0.3) is 0 Å². The van der Waals surface area contributed by atoms with E-state index in [-0.39, 0.29) is 6.61 Å². The minimum atomic E-state index is 0.208. The minimum Gasteiger partial charge on any atom is -0.496 e. The van der Waals surface area contributed by atoms with Crippen LogP contribution in [0.3, 0.4) is 0 Å². The third kappa shape index (κ3) is 4.15. The molecule has 4 nitrogen and oxygen atoms in total. The molecule has 1 saturated carbocycles. The van der Waals surface area contributed by atoms with Gasteiger partial charge in [0.2, 0.25) is 0 Å². The van der Waals surface area contributed by atoms with E-state index in [0.29, 0.717) is 6.04 Å². The molecule has 1 aliphatic carbocycles. The van der Waals surface area contributed by atoms with Crippen molar-refractivity contribution in [3.8, 4) is 16.3 Å². The fraction of sp³-hybridized carbons (Fsp3) is 0.526. The smallest absolute Gasteiger partial charge is 0.129 e. The maximum absolute atomic E-state index is 9.42. The quantitative estimate of drug-likeness (QED) is 0.825. The van der Waals surface area contributed by atoms with Gasteiger partial charge < -0.3 is 9.84 Å². The zero-order chi connectivity index (χ0) is 16.8. The van der Waals surface area contributed by atoms with Gasteiger partial charge >= 0.3 is 0 Å². The highest BCUT2D eigenvalue weighted by Gasteiger charge is 2.22.